The van der Waals surface area contributed by atoms with Gasteiger partial charge >= 0.3 is 6.09 Å². The van der Waals surface area contributed by atoms with Crippen molar-refractivity contribution < 1.29 is 24.1 Å². The van der Waals surface area contributed by atoms with Crippen molar-refractivity contribution >= 4 is 6.09 Å². The first-order valence-electron chi connectivity index (χ1n) is 9.20. The monoisotopic (exact) mass is 345 g/mol. The molecule has 0 saturated carbocycles. The van der Waals surface area contributed by atoms with Crippen LogP contribution in [-0.4, -0.2) is 67.3 Å². The summed E-state index contributed by atoms with van der Waals surface area (Å²) in [6.45, 7) is 9.53. The maximum atomic E-state index is 12.0. The molecule has 0 aliphatic carbocycles. The van der Waals surface area contributed by atoms with Gasteiger partial charge in [-0.25, -0.2) is 4.79 Å². The van der Waals surface area contributed by atoms with Crippen LogP contribution in [0.1, 0.15) is 59.3 Å². The molecule has 0 aromatic heterocycles. The van der Waals surface area contributed by atoms with Gasteiger partial charge in [-0.15, -0.1) is 0 Å². The molecule has 24 heavy (non-hydrogen) atoms. The highest BCUT2D eigenvalue weighted by atomic mass is 16.6. The number of aliphatic hydroxyl groups excluding tert-OH is 1. The van der Waals surface area contributed by atoms with Crippen LogP contribution in [0.2, 0.25) is 0 Å². The van der Waals surface area contributed by atoms with Gasteiger partial charge in [0, 0.05) is 39.5 Å². The molecule has 6 heteroatoms. The van der Waals surface area contributed by atoms with Crippen molar-refractivity contribution in [3.63, 3.8) is 0 Å². The average Bonchev–Trinajstić information content (AvgIpc) is 2.52. The average molecular weight is 345 g/mol. The van der Waals surface area contributed by atoms with Crippen molar-refractivity contribution in [2.45, 2.75) is 71.0 Å². The van der Waals surface area contributed by atoms with E-state index in [1.165, 1.54) is 0 Å². The number of carbonyl (C=O) groups is 1. The molecule has 1 saturated heterocycles. The summed E-state index contributed by atoms with van der Waals surface area (Å²) in [6.07, 6.45) is 5.48. The normalized spacial score (nSPS) is 16.4. The van der Waals surface area contributed by atoms with E-state index in [1.54, 1.807) is 4.90 Å². The molecule has 0 spiro atoms. The van der Waals surface area contributed by atoms with E-state index >= 15 is 0 Å². The summed E-state index contributed by atoms with van der Waals surface area (Å²) >= 11 is 0. The molecule has 0 atom stereocenters. The molecule has 1 heterocycles. The molecule has 0 unspecified atom stereocenters. The number of hydrogen-bond acceptors (Lipinski definition) is 5. The Morgan fingerprint density at radius 2 is 1.62 bits per heavy atom. The van der Waals surface area contributed by atoms with E-state index in [4.69, 9.17) is 19.3 Å². The van der Waals surface area contributed by atoms with Crippen molar-refractivity contribution in [2.24, 2.45) is 0 Å². The molecule has 0 radical (unpaired) electrons. The molecule has 1 N–H and O–H groups in total. The second-order valence-corrected chi connectivity index (χ2v) is 7.29. The van der Waals surface area contributed by atoms with Crippen molar-refractivity contribution in [1.82, 2.24) is 4.90 Å². The molecule has 1 aliphatic rings. The van der Waals surface area contributed by atoms with Crippen LogP contribution in [0.4, 0.5) is 4.79 Å². The Morgan fingerprint density at radius 1 is 1.04 bits per heavy atom. The van der Waals surface area contributed by atoms with Crippen LogP contribution in [0.25, 0.3) is 0 Å². The third-order valence-corrected chi connectivity index (χ3v) is 3.83. The van der Waals surface area contributed by atoms with E-state index in [9.17, 15) is 4.79 Å². The lowest BCUT2D eigenvalue weighted by atomic mass is 10.1. The van der Waals surface area contributed by atoms with E-state index in [2.05, 4.69) is 0 Å². The van der Waals surface area contributed by atoms with Gasteiger partial charge in [0.25, 0.3) is 0 Å². The lowest BCUT2D eigenvalue weighted by molar-refractivity contribution is -0.0132. The zero-order chi connectivity index (χ0) is 17.8. The van der Waals surface area contributed by atoms with Crippen molar-refractivity contribution in [3.8, 4) is 0 Å². The molecule has 1 rings (SSSR count). The van der Waals surface area contributed by atoms with Crippen LogP contribution in [0, 0.1) is 0 Å². The molecule has 0 bridgehead atoms. The van der Waals surface area contributed by atoms with Crippen LogP contribution in [0.5, 0.6) is 0 Å². The maximum Gasteiger partial charge on any atom is 0.410 e. The fraction of sp³-hybridized carbons (Fsp3) is 0.944. The molecule has 1 fully saturated rings. The number of likely N-dealkylation sites (tertiary alicyclic amines) is 1. The molecule has 6 nitrogen and oxygen atoms in total. The third-order valence-electron chi connectivity index (χ3n) is 3.83. The summed E-state index contributed by atoms with van der Waals surface area (Å²) in [5.41, 5.74) is -0.440. The van der Waals surface area contributed by atoms with Gasteiger partial charge in [0.15, 0.2) is 0 Å². The number of amides is 1. The van der Waals surface area contributed by atoms with Crippen molar-refractivity contribution in [2.75, 3.05) is 39.5 Å². The zero-order valence-electron chi connectivity index (χ0n) is 15.6. The van der Waals surface area contributed by atoms with Gasteiger partial charge in [0.1, 0.15) is 5.60 Å². The predicted molar refractivity (Wildman–Crippen MR) is 93.2 cm³/mol. The maximum absolute atomic E-state index is 12.0. The summed E-state index contributed by atoms with van der Waals surface area (Å²) in [7, 11) is 0. The van der Waals surface area contributed by atoms with Gasteiger partial charge < -0.3 is 24.2 Å². The number of carbonyl (C=O) groups excluding carboxylic acids is 1. The Bertz CT molecular complexity index is 335. The number of nitrogens with zero attached hydrogens (tertiary/aromatic N) is 1. The summed E-state index contributed by atoms with van der Waals surface area (Å²) in [5.74, 6) is 0. The number of rotatable bonds is 10. The Morgan fingerprint density at radius 3 is 2.21 bits per heavy atom. The van der Waals surface area contributed by atoms with Crippen LogP contribution in [-0.2, 0) is 14.2 Å². The van der Waals surface area contributed by atoms with Crippen molar-refractivity contribution in [3.05, 3.63) is 0 Å². The van der Waals surface area contributed by atoms with Gasteiger partial charge in [-0.2, -0.15) is 0 Å². The predicted octanol–water partition coefficient (Wildman–Crippen LogP) is 2.97. The largest absolute Gasteiger partial charge is 0.444 e. The Labute approximate surface area is 146 Å². The highest BCUT2D eigenvalue weighted by Crippen LogP contribution is 2.17. The number of piperidine rings is 1. The Kier molecular flexibility index (Phi) is 10.3. The van der Waals surface area contributed by atoms with Gasteiger partial charge in [-0.05, 0) is 59.3 Å². The second kappa shape index (κ2) is 11.7. The zero-order valence-corrected chi connectivity index (χ0v) is 15.6. The highest BCUT2D eigenvalue weighted by Gasteiger charge is 2.26. The van der Waals surface area contributed by atoms with Gasteiger partial charge in [0.05, 0.1) is 6.10 Å². The minimum atomic E-state index is -0.440. The molecular weight excluding hydrogens is 310 g/mol. The Hall–Kier alpha value is -0.850. The fourth-order valence-corrected chi connectivity index (χ4v) is 2.51. The van der Waals surface area contributed by atoms with E-state index < -0.39 is 5.60 Å². The molecule has 0 aromatic carbocycles. The fourth-order valence-electron chi connectivity index (χ4n) is 2.51. The highest BCUT2D eigenvalue weighted by molar-refractivity contribution is 5.68. The first-order chi connectivity index (χ1) is 11.4. The minimum Gasteiger partial charge on any atom is -0.444 e. The number of unbranched alkanes of at least 4 members (excludes halogenated alkanes) is 2. The van der Waals surface area contributed by atoms with Crippen LogP contribution in [0.15, 0.2) is 0 Å². The van der Waals surface area contributed by atoms with Crippen molar-refractivity contribution in [1.29, 1.82) is 0 Å². The summed E-state index contributed by atoms with van der Waals surface area (Å²) in [5, 5.41) is 8.66. The molecular formula is C18H35NO5. The first-order valence-corrected chi connectivity index (χ1v) is 9.20. The number of aliphatic hydroxyl groups is 1. The van der Waals surface area contributed by atoms with Gasteiger partial charge in [0.2, 0.25) is 0 Å². The molecule has 1 aliphatic heterocycles. The molecule has 142 valence electrons. The lowest BCUT2D eigenvalue weighted by Gasteiger charge is -2.33. The summed E-state index contributed by atoms with van der Waals surface area (Å²) in [4.78, 5) is 13.8. The molecule has 1 amide bonds. The van der Waals surface area contributed by atoms with E-state index in [-0.39, 0.29) is 18.8 Å². The van der Waals surface area contributed by atoms with Crippen LogP contribution >= 0.6 is 0 Å². The third kappa shape index (κ3) is 10.1. The quantitative estimate of drug-likeness (QED) is 0.617. The van der Waals surface area contributed by atoms with Gasteiger partial charge in [-0.1, -0.05) is 0 Å². The van der Waals surface area contributed by atoms with Crippen LogP contribution < -0.4 is 0 Å². The minimum absolute atomic E-state index is 0.223. The SMILES string of the molecule is CC(C)(C)OC(=O)N1CCC(OCCCCOCCCCO)CC1. The summed E-state index contributed by atoms with van der Waals surface area (Å²) in [6, 6.07) is 0. The smallest absolute Gasteiger partial charge is 0.410 e. The first kappa shape index (κ1) is 21.2. The molecule has 0 aromatic rings. The topological polar surface area (TPSA) is 68.2 Å². The summed E-state index contributed by atoms with van der Waals surface area (Å²) < 4.78 is 16.8. The van der Waals surface area contributed by atoms with E-state index in [1.807, 2.05) is 20.8 Å². The standard InChI is InChI=1S/C18H35NO5/c1-18(2,3)24-17(21)19-10-8-16(9-11-19)23-15-7-6-14-22-13-5-4-12-20/h16,20H,4-15H2,1-3H3. The lowest BCUT2D eigenvalue weighted by Crippen LogP contribution is -2.43. The second-order valence-electron chi connectivity index (χ2n) is 7.29. The van der Waals surface area contributed by atoms with Gasteiger partial charge in [-0.3, -0.25) is 0 Å². The van der Waals surface area contributed by atoms with Crippen LogP contribution in [0.3, 0.4) is 0 Å². The number of ether oxygens (including phenoxy) is 3. The Balaban J connectivity index is 1.99. The number of hydrogen-bond donors (Lipinski definition) is 1. The van der Waals surface area contributed by atoms with E-state index in [0.717, 1.165) is 58.3 Å². The van der Waals surface area contributed by atoms with E-state index in [0.29, 0.717) is 13.1 Å².